The van der Waals surface area contributed by atoms with Crippen molar-refractivity contribution in [1.82, 2.24) is 0 Å². The maximum Gasteiger partial charge on any atom is 0.263 e. The van der Waals surface area contributed by atoms with Crippen LogP contribution in [0.2, 0.25) is 0 Å². The van der Waals surface area contributed by atoms with E-state index in [9.17, 15) is 10.0 Å². The number of anilines is 1. The van der Waals surface area contributed by atoms with Crippen LogP contribution >= 0.6 is 11.8 Å². The molecule has 1 aromatic carbocycles. The summed E-state index contributed by atoms with van der Waals surface area (Å²) in [6, 6.07) is 7.31. The second-order valence-electron chi connectivity index (χ2n) is 2.88. The zero-order chi connectivity index (χ0) is 9.42. The lowest BCUT2D eigenvalue weighted by atomic mass is 10.3. The standard InChI is InChI=1S/C9H9NO2S/c1-6-9(11)10(12)7-4-2-3-5-8(7)13-6/h2-6,12H,1H3. The number of fused-ring (bicyclic) bond motifs is 1. The normalized spacial score (nSPS) is 21.5. The van der Waals surface area contributed by atoms with E-state index in [2.05, 4.69) is 0 Å². The molecular weight excluding hydrogens is 186 g/mol. The zero-order valence-electron chi connectivity index (χ0n) is 7.10. The lowest BCUT2D eigenvalue weighted by molar-refractivity contribution is -0.123. The van der Waals surface area contributed by atoms with Crippen LogP contribution in [0.15, 0.2) is 29.2 Å². The van der Waals surface area contributed by atoms with Crippen LogP contribution in [0.1, 0.15) is 6.92 Å². The molecule has 1 unspecified atom stereocenters. The van der Waals surface area contributed by atoms with Crippen LogP contribution < -0.4 is 5.06 Å². The summed E-state index contributed by atoms with van der Waals surface area (Å²) in [5, 5.41) is 9.99. The van der Waals surface area contributed by atoms with Crippen LogP contribution in [0.3, 0.4) is 0 Å². The molecule has 1 aromatic rings. The molecule has 0 aliphatic carbocycles. The second kappa shape index (κ2) is 3.05. The summed E-state index contributed by atoms with van der Waals surface area (Å²) >= 11 is 1.47. The Morgan fingerprint density at radius 1 is 1.46 bits per heavy atom. The van der Waals surface area contributed by atoms with E-state index in [4.69, 9.17) is 0 Å². The molecule has 1 aliphatic heterocycles. The Hall–Kier alpha value is -1.00. The Labute approximate surface area is 80.3 Å². The summed E-state index contributed by atoms with van der Waals surface area (Å²) in [6.45, 7) is 1.78. The number of thioether (sulfide) groups is 1. The maximum absolute atomic E-state index is 11.3. The summed E-state index contributed by atoms with van der Waals surface area (Å²) < 4.78 is 0. The van der Waals surface area contributed by atoms with Crippen LogP contribution in [0.5, 0.6) is 0 Å². The molecule has 3 nitrogen and oxygen atoms in total. The average molecular weight is 195 g/mol. The van der Waals surface area contributed by atoms with E-state index in [-0.39, 0.29) is 11.2 Å². The van der Waals surface area contributed by atoms with Gasteiger partial charge >= 0.3 is 0 Å². The molecule has 2 rings (SSSR count). The van der Waals surface area contributed by atoms with Crippen molar-refractivity contribution in [3.8, 4) is 0 Å². The molecule has 0 spiro atoms. The molecule has 1 heterocycles. The van der Waals surface area contributed by atoms with Gasteiger partial charge in [-0.25, -0.2) is 0 Å². The molecule has 4 heteroatoms. The van der Waals surface area contributed by atoms with Crippen molar-refractivity contribution in [2.24, 2.45) is 0 Å². The Kier molecular flexibility index (Phi) is 2.01. The highest BCUT2D eigenvalue weighted by Gasteiger charge is 2.29. The fraction of sp³-hybridized carbons (Fsp3) is 0.222. The minimum absolute atomic E-state index is 0.208. The van der Waals surface area contributed by atoms with Crippen molar-refractivity contribution >= 4 is 23.4 Å². The first-order valence-electron chi connectivity index (χ1n) is 3.98. The van der Waals surface area contributed by atoms with Gasteiger partial charge < -0.3 is 0 Å². The molecule has 0 bridgehead atoms. The van der Waals surface area contributed by atoms with E-state index in [1.54, 1.807) is 19.1 Å². The van der Waals surface area contributed by atoms with Gasteiger partial charge in [-0.15, -0.1) is 11.8 Å². The summed E-state index contributed by atoms with van der Waals surface area (Å²) in [5.74, 6) is -0.260. The van der Waals surface area contributed by atoms with Crippen LogP contribution in [0, 0.1) is 0 Å². The first kappa shape index (κ1) is 8.59. The van der Waals surface area contributed by atoms with Crippen LogP contribution in [0.4, 0.5) is 5.69 Å². The third-order valence-electron chi connectivity index (χ3n) is 1.95. The third kappa shape index (κ3) is 1.32. The summed E-state index contributed by atoms with van der Waals surface area (Å²) in [6.07, 6.45) is 0. The predicted molar refractivity (Wildman–Crippen MR) is 51.0 cm³/mol. The summed E-state index contributed by atoms with van der Waals surface area (Å²) in [7, 11) is 0. The fourth-order valence-electron chi connectivity index (χ4n) is 1.26. The lowest BCUT2D eigenvalue weighted by Gasteiger charge is -2.26. The van der Waals surface area contributed by atoms with Gasteiger partial charge in [0, 0.05) is 4.90 Å². The number of hydrogen-bond donors (Lipinski definition) is 1. The number of carbonyl (C=O) groups is 1. The molecule has 68 valence electrons. The van der Waals surface area contributed by atoms with E-state index in [0.717, 1.165) is 9.96 Å². The monoisotopic (exact) mass is 195 g/mol. The number of para-hydroxylation sites is 1. The molecule has 0 saturated carbocycles. The highest BCUT2D eigenvalue weighted by atomic mass is 32.2. The summed E-state index contributed by atoms with van der Waals surface area (Å²) in [4.78, 5) is 12.3. The quantitative estimate of drug-likeness (QED) is 0.643. The van der Waals surface area contributed by atoms with E-state index in [1.807, 2.05) is 12.1 Å². The minimum atomic E-state index is -0.260. The molecule has 0 saturated heterocycles. The van der Waals surface area contributed by atoms with Gasteiger partial charge in [-0.1, -0.05) is 12.1 Å². The number of hydrogen-bond acceptors (Lipinski definition) is 3. The molecule has 0 fully saturated rings. The van der Waals surface area contributed by atoms with Crippen molar-refractivity contribution in [2.75, 3.05) is 5.06 Å². The van der Waals surface area contributed by atoms with Crippen molar-refractivity contribution < 1.29 is 10.0 Å². The van der Waals surface area contributed by atoms with Gasteiger partial charge in [0.15, 0.2) is 0 Å². The van der Waals surface area contributed by atoms with E-state index in [0.29, 0.717) is 5.69 Å². The van der Waals surface area contributed by atoms with Crippen molar-refractivity contribution in [1.29, 1.82) is 0 Å². The molecule has 0 radical (unpaired) electrons. The van der Waals surface area contributed by atoms with E-state index in [1.165, 1.54) is 11.8 Å². The molecule has 1 atom stereocenters. The maximum atomic E-state index is 11.3. The molecule has 1 aliphatic rings. The second-order valence-corrected chi connectivity index (χ2v) is 4.26. The van der Waals surface area contributed by atoms with Crippen LogP contribution in [0.25, 0.3) is 0 Å². The third-order valence-corrected chi connectivity index (χ3v) is 3.11. The van der Waals surface area contributed by atoms with Gasteiger partial charge in [-0.3, -0.25) is 10.0 Å². The Balaban J connectivity index is 2.49. The van der Waals surface area contributed by atoms with Crippen molar-refractivity contribution in [2.45, 2.75) is 17.1 Å². The van der Waals surface area contributed by atoms with Gasteiger partial charge in [-0.05, 0) is 19.1 Å². The SMILES string of the molecule is CC1Sc2ccccc2N(O)C1=O. The highest BCUT2D eigenvalue weighted by molar-refractivity contribution is 8.00. The first-order chi connectivity index (χ1) is 6.20. The van der Waals surface area contributed by atoms with Gasteiger partial charge in [0.25, 0.3) is 5.91 Å². The average Bonchev–Trinajstić information content (AvgIpc) is 2.15. The number of carbonyl (C=O) groups excluding carboxylic acids is 1. The highest BCUT2D eigenvalue weighted by Crippen LogP contribution is 2.37. The van der Waals surface area contributed by atoms with Gasteiger partial charge in [0.1, 0.15) is 0 Å². The Morgan fingerprint density at radius 2 is 2.15 bits per heavy atom. The molecule has 1 amide bonds. The smallest absolute Gasteiger partial charge is 0.263 e. The van der Waals surface area contributed by atoms with Crippen molar-refractivity contribution in [3.05, 3.63) is 24.3 Å². The molecule has 1 N–H and O–H groups in total. The van der Waals surface area contributed by atoms with Gasteiger partial charge in [0.05, 0.1) is 10.9 Å². The van der Waals surface area contributed by atoms with E-state index >= 15 is 0 Å². The van der Waals surface area contributed by atoms with Gasteiger partial charge in [0.2, 0.25) is 0 Å². The Morgan fingerprint density at radius 3 is 2.92 bits per heavy atom. The number of amides is 1. The zero-order valence-corrected chi connectivity index (χ0v) is 7.91. The van der Waals surface area contributed by atoms with Crippen LogP contribution in [-0.2, 0) is 4.79 Å². The van der Waals surface area contributed by atoms with Crippen LogP contribution in [-0.4, -0.2) is 16.4 Å². The largest absolute Gasteiger partial charge is 0.281 e. The minimum Gasteiger partial charge on any atom is -0.281 e. The number of rotatable bonds is 0. The molecule has 13 heavy (non-hydrogen) atoms. The topological polar surface area (TPSA) is 40.5 Å². The molecular formula is C9H9NO2S. The number of nitrogens with zero attached hydrogens (tertiary/aromatic N) is 1. The first-order valence-corrected chi connectivity index (χ1v) is 4.86. The predicted octanol–water partition coefficient (Wildman–Crippen LogP) is 1.90. The fourth-order valence-corrected chi connectivity index (χ4v) is 2.28. The lowest BCUT2D eigenvalue weighted by Crippen LogP contribution is -2.36. The van der Waals surface area contributed by atoms with Crippen molar-refractivity contribution in [3.63, 3.8) is 0 Å². The summed E-state index contributed by atoms with van der Waals surface area (Å²) in [5.41, 5.74) is 0.579. The Bertz CT molecular complexity index is 353. The number of hydroxylamine groups is 1. The van der Waals surface area contributed by atoms with E-state index < -0.39 is 0 Å². The number of benzene rings is 1. The molecule has 0 aromatic heterocycles. The van der Waals surface area contributed by atoms with Gasteiger partial charge in [-0.2, -0.15) is 5.06 Å².